The zero-order chi connectivity index (χ0) is 23.2. The van der Waals surface area contributed by atoms with Gasteiger partial charge in [0, 0.05) is 23.9 Å². The van der Waals surface area contributed by atoms with E-state index in [4.69, 9.17) is 19.2 Å². The second kappa shape index (κ2) is 10.7. The number of hydrogen-bond acceptors (Lipinski definition) is 4. The van der Waals surface area contributed by atoms with Crippen molar-refractivity contribution in [2.75, 3.05) is 20.8 Å². The van der Waals surface area contributed by atoms with Gasteiger partial charge in [-0.15, -0.1) is 0 Å². The lowest BCUT2D eigenvalue weighted by molar-refractivity contribution is 0.0801. The fraction of sp³-hybridized carbons (Fsp3) is 0.345. The summed E-state index contributed by atoms with van der Waals surface area (Å²) in [7, 11) is 3.40. The molecule has 0 aliphatic heterocycles. The van der Waals surface area contributed by atoms with Crippen LogP contribution < -0.4 is 9.47 Å². The first-order valence-corrected chi connectivity index (χ1v) is 11.7. The van der Waals surface area contributed by atoms with Crippen LogP contribution in [0.25, 0.3) is 0 Å². The van der Waals surface area contributed by atoms with Gasteiger partial charge in [-0.2, -0.15) is 0 Å². The zero-order valence-electron chi connectivity index (χ0n) is 20.0. The van der Waals surface area contributed by atoms with Crippen LogP contribution in [0.3, 0.4) is 0 Å². The van der Waals surface area contributed by atoms with Gasteiger partial charge in [-0.1, -0.05) is 50.2 Å². The highest BCUT2D eigenvalue weighted by Crippen LogP contribution is 2.39. The predicted molar refractivity (Wildman–Crippen MR) is 134 cm³/mol. The number of hydrogen-bond donors (Lipinski definition) is 0. The first-order chi connectivity index (χ1) is 16.1. The highest BCUT2D eigenvalue weighted by atomic mass is 16.5. The van der Waals surface area contributed by atoms with Gasteiger partial charge in [0.2, 0.25) is 0 Å². The van der Waals surface area contributed by atoms with Crippen LogP contribution in [0.1, 0.15) is 61.0 Å². The molecule has 4 nitrogen and oxygen atoms in total. The van der Waals surface area contributed by atoms with E-state index in [2.05, 4.69) is 38.1 Å². The van der Waals surface area contributed by atoms with Crippen molar-refractivity contribution in [3.05, 3.63) is 89.0 Å². The number of nitrogens with zero attached hydrogens (tertiary/aromatic N) is 1. The Morgan fingerprint density at radius 3 is 2.30 bits per heavy atom. The minimum Gasteiger partial charge on any atom is -0.497 e. The average Bonchev–Trinajstić information content (AvgIpc) is 2.84. The van der Waals surface area contributed by atoms with Crippen molar-refractivity contribution in [1.29, 1.82) is 0 Å². The number of benzene rings is 3. The van der Waals surface area contributed by atoms with Crippen LogP contribution in [-0.4, -0.2) is 26.5 Å². The van der Waals surface area contributed by atoms with Crippen molar-refractivity contribution in [3.63, 3.8) is 0 Å². The Balaban J connectivity index is 1.76. The van der Waals surface area contributed by atoms with E-state index in [-0.39, 0.29) is 6.10 Å². The molecule has 0 saturated heterocycles. The van der Waals surface area contributed by atoms with Crippen LogP contribution in [0, 0.1) is 0 Å². The van der Waals surface area contributed by atoms with Gasteiger partial charge in [0.1, 0.15) is 17.6 Å². The molecule has 3 aromatic carbocycles. The zero-order valence-corrected chi connectivity index (χ0v) is 20.0. The number of methoxy groups -OCH3 is 2. The highest BCUT2D eigenvalue weighted by molar-refractivity contribution is 6.06. The topological polar surface area (TPSA) is 40.0 Å². The predicted octanol–water partition coefficient (Wildman–Crippen LogP) is 7.04. The summed E-state index contributed by atoms with van der Waals surface area (Å²) >= 11 is 0. The molecule has 0 bridgehead atoms. The summed E-state index contributed by atoms with van der Waals surface area (Å²) in [6, 6.07) is 22.6. The molecule has 0 N–H and O–H groups in total. The molecule has 0 radical (unpaired) electrons. The summed E-state index contributed by atoms with van der Waals surface area (Å²) < 4.78 is 17.4. The molecule has 172 valence electrons. The van der Waals surface area contributed by atoms with Crippen LogP contribution in [-0.2, 0) is 11.2 Å². The fourth-order valence-electron chi connectivity index (χ4n) is 4.54. The third kappa shape index (κ3) is 5.28. The Morgan fingerprint density at radius 2 is 1.64 bits per heavy atom. The monoisotopic (exact) mass is 443 g/mol. The van der Waals surface area contributed by atoms with Gasteiger partial charge < -0.3 is 14.2 Å². The molecule has 1 aliphatic carbocycles. The molecule has 1 aliphatic rings. The minimum absolute atomic E-state index is 0.169. The molecule has 0 saturated carbocycles. The fourth-order valence-corrected chi connectivity index (χ4v) is 4.54. The van der Waals surface area contributed by atoms with Crippen molar-refractivity contribution >= 4 is 11.4 Å². The van der Waals surface area contributed by atoms with E-state index in [9.17, 15) is 0 Å². The Bertz CT molecular complexity index is 1090. The average molecular weight is 444 g/mol. The van der Waals surface area contributed by atoms with E-state index in [0.29, 0.717) is 12.5 Å². The molecule has 0 unspecified atom stereocenters. The lowest BCUT2D eigenvalue weighted by Crippen LogP contribution is -2.19. The molecule has 3 aromatic rings. The van der Waals surface area contributed by atoms with Crippen LogP contribution in [0.4, 0.5) is 5.69 Å². The molecule has 4 rings (SSSR count). The van der Waals surface area contributed by atoms with E-state index in [1.807, 2.05) is 42.5 Å². The summed E-state index contributed by atoms with van der Waals surface area (Å²) in [6.07, 6.45) is 2.97. The second-order valence-corrected chi connectivity index (χ2v) is 8.75. The van der Waals surface area contributed by atoms with Crippen LogP contribution in [0.2, 0.25) is 0 Å². The van der Waals surface area contributed by atoms with Crippen LogP contribution >= 0.6 is 0 Å². The maximum atomic E-state index is 6.63. The quantitative estimate of drug-likeness (QED) is 0.375. The van der Waals surface area contributed by atoms with E-state index in [1.54, 1.807) is 14.2 Å². The molecular weight excluding hydrogens is 410 g/mol. The third-order valence-electron chi connectivity index (χ3n) is 6.11. The number of aliphatic imine (C=N–C) groups is 1. The van der Waals surface area contributed by atoms with Gasteiger partial charge in [0.25, 0.3) is 0 Å². The normalized spacial score (nSPS) is 15.4. The minimum atomic E-state index is -0.169. The molecule has 1 atom stereocenters. The van der Waals surface area contributed by atoms with Gasteiger partial charge in [-0.3, -0.25) is 4.99 Å². The highest BCUT2D eigenvalue weighted by Gasteiger charge is 2.26. The Hall–Kier alpha value is -3.11. The van der Waals surface area contributed by atoms with Gasteiger partial charge in [-0.05, 0) is 66.6 Å². The van der Waals surface area contributed by atoms with Gasteiger partial charge >= 0.3 is 0 Å². The van der Waals surface area contributed by atoms with Crippen LogP contribution in [0.15, 0.2) is 71.7 Å². The molecule has 33 heavy (non-hydrogen) atoms. The number of aryl methyl sites for hydroxylation is 1. The van der Waals surface area contributed by atoms with Crippen molar-refractivity contribution in [3.8, 4) is 11.5 Å². The maximum absolute atomic E-state index is 6.63. The smallest absolute Gasteiger partial charge is 0.147 e. The molecule has 0 amide bonds. The third-order valence-corrected chi connectivity index (χ3v) is 6.11. The van der Waals surface area contributed by atoms with E-state index in [1.165, 1.54) is 16.7 Å². The van der Waals surface area contributed by atoms with Crippen LogP contribution in [0.5, 0.6) is 11.5 Å². The Labute approximate surface area is 197 Å². The molecule has 0 fully saturated rings. The van der Waals surface area contributed by atoms with Crippen molar-refractivity contribution in [2.24, 2.45) is 4.99 Å². The summed E-state index contributed by atoms with van der Waals surface area (Å²) in [4.78, 5) is 5.07. The first kappa shape index (κ1) is 23.1. The lowest BCUT2D eigenvalue weighted by Gasteiger charge is -2.28. The van der Waals surface area contributed by atoms with Gasteiger partial charge in [0.15, 0.2) is 0 Å². The molecule has 0 aromatic heterocycles. The molecular formula is C29H33NO3. The van der Waals surface area contributed by atoms with Crippen molar-refractivity contribution < 1.29 is 14.2 Å². The Kier molecular flexibility index (Phi) is 7.46. The largest absolute Gasteiger partial charge is 0.497 e. The summed E-state index contributed by atoms with van der Waals surface area (Å²) in [5.41, 5.74) is 7.04. The van der Waals surface area contributed by atoms with E-state index in [0.717, 1.165) is 47.7 Å². The van der Waals surface area contributed by atoms with Crippen molar-refractivity contribution in [2.45, 2.75) is 45.1 Å². The van der Waals surface area contributed by atoms with Crippen molar-refractivity contribution in [1.82, 2.24) is 0 Å². The van der Waals surface area contributed by atoms with E-state index >= 15 is 0 Å². The summed E-state index contributed by atoms with van der Waals surface area (Å²) in [5.74, 6) is 2.05. The molecule has 4 heteroatoms. The standard InChI is InChI=1S/C29H33NO3/c1-20(2)28-26(33-27(19-31-3)21-9-6-5-7-10-21)18-13-22-11-8-12-25(29(22)28)30-23-14-16-24(32-4)17-15-23/h5-7,9-10,13-18,20,27H,8,11-12,19H2,1-4H3/t27-/m0/s1. The SMILES string of the molecule is COC[C@H](Oc1ccc2c(c1C(C)C)C(=Nc1ccc(OC)cc1)CCC2)c1ccccc1. The number of ether oxygens (including phenoxy) is 3. The number of fused-ring (bicyclic) bond motifs is 1. The first-order valence-electron chi connectivity index (χ1n) is 11.7. The number of rotatable bonds is 8. The van der Waals surface area contributed by atoms with Gasteiger partial charge in [0.05, 0.1) is 19.4 Å². The van der Waals surface area contributed by atoms with E-state index < -0.39 is 0 Å². The maximum Gasteiger partial charge on any atom is 0.147 e. The molecule has 0 spiro atoms. The molecule has 0 heterocycles. The summed E-state index contributed by atoms with van der Waals surface area (Å²) in [5, 5.41) is 0. The Morgan fingerprint density at radius 1 is 0.879 bits per heavy atom. The second-order valence-electron chi connectivity index (χ2n) is 8.75. The summed E-state index contributed by atoms with van der Waals surface area (Å²) in [6.45, 7) is 4.96. The lowest BCUT2D eigenvalue weighted by atomic mass is 9.82. The van der Waals surface area contributed by atoms with Gasteiger partial charge in [-0.25, -0.2) is 0 Å².